The first-order valence-electron chi connectivity index (χ1n) is 9.34. The number of nitrogens with zero attached hydrogens (tertiary/aromatic N) is 1. The Labute approximate surface area is 160 Å². The van der Waals surface area contributed by atoms with Gasteiger partial charge in [-0.1, -0.05) is 48.5 Å². The molecule has 0 atom stereocenters. The third-order valence-corrected chi connectivity index (χ3v) is 4.48. The number of aliphatic imine (C=N–C) groups is 1. The molecule has 5 nitrogen and oxygen atoms in total. The van der Waals surface area contributed by atoms with Crippen molar-refractivity contribution in [1.29, 1.82) is 0 Å². The molecule has 0 bridgehead atoms. The normalized spacial score (nSPS) is 15.9. The summed E-state index contributed by atoms with van der Waals surface area (Å²) in [5.74, 6) is 0. The number of benzene rings is 2. The highest BCUT2D eigenvalue weighted by Crippen LogP contribution is 2.20. The summed E-state index contributed by atoms with van der Waals surface area (Å²) in [4.78, 5) is 4.13. The lowest BCUT2D eigenvalue weighted by Gasteiger charge is -2.23. The lowest BCUT2D eigenvalue weighted by atomic mass is 10.0. The quantitative estimate of drug-likeness (QED) is 0.555. The van der Waals surface area contributed by atoms with Crippen molar-refractivity contribution < 1.29 is 9.47 Å². The van der Waals surface area contributed by atoms with Crippen molar-refractivity contribution in [3.8, 4) is 11.1 Å². The van der Waals surface area contributed by atoms with Crippen molar-refractivity contribution in [3.63, 3.8) is 0 Å². The van der Waals surface area contributed by atoms with Crippen LogP contribution in [0, 0.1) is 0 Å². The molecular formula is C22H27N3O2. The molecule has 1 fully saturated rings. The average molecular weight is 365 g/mol. The summed E-state index contributed by atoms with van der Waals surface area (Å²) in [7, 11) is 0. The van der Waals surface area contributed by atoms with Crippen LogP contribution in [-0.2, 0) is 16.1 Å². The molecule has 0 aliphatic carbocycles. The molecule has 0 saturated carbocycles. The first-order chi connectivity index (χ1) is 13.3. The van der Waals surface area contributed by atoms with E-state index >= 15 is 0 Å². The lowest BCUT2D eigenvalue weighted by molar-refractivity contribution is 0.0787. The topological polar surface area (TPSA) is 68.9 Å². The van der Waals surface area contributed by atoms with Crippen molar-refractivity contribution in [2.45, 2.75) is 25.5 Å². The van der Waals surface area contributed by atoms with E-state index in [2.05, 4.69) is 34.6 Å². The summed E-state index contributed by atoms with van der Waals surface area (Å²) in [6.45, 7) is 2.73. The fourth-order valence-electron chi connectivity index (χ4n) is 2.98. The van der Waals surface area contributed by atoms with Gasteiger partial charge in [0.25, 0.3) is 0 Å². The number of ether oxygens (including phenoxy) is 2. The minimum Gasteiger partial charge on any atom is -0.478 e. The molecule has 27 heavy (non-hydrogen) atoms. The van der Waals surface area contributed by atoms with E-state index in [0.29, 0.717) is 24.9 Å². The maximum absolute atomic E-state index is 5.97. The summed E-state index contributed by atoms with van der Waals surface area (Å²) < 4.78 is 10.9. The number of hydrogen-bond donors (Lipinski definition) is 2. The van der Waals surface area contributed by atoms with Gasteiger partial charge in [-0.05, 0) is 35.6 Å². The molecule has 2 aromatic rings. The Hall–Kier alpha value is -2.63. The van der Waals surface area contributed by atoms with Crippen LogP contribution in [0.25, 0.3) is 11.1 Å². The number of rotatable bonds is 8. The van der Waals surface area contributed by atoms with E-state index < -0.39 is 0 Å². The Kier molecular flexibility index (Phi) is 7.45. The Morgan fingerprint density at radius 3 is 2.70 bits per heavy atom. The second-order valence-electron chi connectivity index (χ2n) is 6.60. The SMILES string of the molecule is N/C(=C\N=COCc1cccc(-c2ccccc2)c1)CNC1CCOCC1. The molecule has 0 radical (unpaired) electrons. The van der Waals surface area contributed by atoms with Crippen LogP contribution in [-0.4, -0.2) is 32.2 Å². The first-order valence-corrected chi connectivity index (χ1v) is 9.34. The highest BCUT2D eigenvalue weighted by Gasteiger charge is 2.12. The standard InChI is InChI=1S/C22H27N3O2/c23-21(15-25-22-9-11-26-12-10-22)14-24-17-27-16-18-5-4-8-20(13-18)19-6-2-1-3-7-19/h1-8,13-14,17,22,25H,9-12,15-16,23H2/b21-14-,24-17?. The van der Waals surface area contributed by atoms with E-state index in [1.54, 1.807) is 6.20 Å². The van der Waals surface area contributed by atoms with E-state index in [-0.39, 0.29) is 0 Å². The van der Waals surface area contributed by atoms with Crippen LogP contribution < -0.4 is 11.1 Å². The maximum Gasteiger partial charge on any atom is 0.174 e. The minimum absolute atomic E-state index is 0.470. The van der Waals surface area contributed by atoms with E-state index in [1.807, 2.05) is 30.3 Å². The Morgan fingerprint density at radius 2 is 1.89 bits per heavy atom. The van der Waals surface area contributed by atoms with Gasteiger partial charge in [0.2, 0.25) is 0 Å². The fraction of sp³-hybridized carbons (Fsp3) is 0.318. The maximum atomic E-state index is 5.97. The third-order valence-electron chi connectivity index (χ3n) is 4.48. The molecular weight excluding hydrogens is 338 g/mol. The van der Waals surface area contributed by atoms with Crippen LogP contribution in [0.4, 0.5) is 0 Å². The average Bonchev–Trinajstić information content (AvgIpc) is 2.74. The van der Waals surface area contributed by atoms with Gasteiger partial charge in [0.15, 0.2) is 6.40 Å². The number of hydrogen-bond acceptors (Lipinski definition) is 5. The molecule has 1 saturated heterocycles. The van der Waals surface area contributed by atoms with Crippen LogP contribution >= 0.6 is 0 Å². The molecule has 142 valence electrons. The highest BCUT2D eigenvalue weighted by molar-refractivity contribution is 5.64. The lowest BCUT2D eigenvalue weighted by Crippen LogP contribution is -2.36. The Balaban J connectivity index is 1.42. The second-order valence-corrected chi connectivity index (χ2v) is 6.60. The zero-order chi connectivity index (χ0) is 18.7. The van der Waals surface area contributed by atoms with Gasteiger partial charge in [0.05, 0.1) is 6.20 Å². The van der Waals surface area contributed by atoms with Crippen molar-refractivity contribution in [2.24, 2.45) is 10.7 Å². The van der Waals surface area contributed by atoms with Crippen LogP contribution in [0.5, 0.6) is 0 Å². The monoisotopic (exact) mass is 365 g/mol. The van der Waals surface area contributed by atoms with Gasteiger partial charge >= 0.3 is 0 Å². The van der Waals surface area contributed by atoms with Crippen LogP contribution in [0.2, 0.25) is 0 Å². The van der Waals surface area contributed by atoms with Gasteiger partial charge in [0, 0.05) is 31.5 Å². The summed E-state index contributed by atoms with van der Waals surface area (Å²) in [5.41, 5.74) is 10.1. The van der Waals surface area contributed by atoms with Crippen LogP contribution in [0.3, 0.4) is 0 Å². The van der Waals surface area contributed by atoms with E-state index in [1.165, 1.54) is 17.5 Å². The zero-order valence-electron chi connectivity index (χ0n) is 15.5. The van der Waals surface area contributed by atoms with Gasteiger partial charge in [-0.15, -0.1) is 0 Å². The summed E-state index contributed by atoms with van der Waals surface area (Å²) in [5, 5.41) is 3.42. The molecule has 0 unspecified atom stereocenters. The van der Waals surface area contributed by atoms with Crippen LogP contribution in [0.15, 0.2) is 71.5 Å². The van der Waals surface area contributed by atoms with E-state index in [0.717, 1.165) is 31.6 Å². The smallest absolute Gasteiger partial charge is 0.174 e. The molecule has 2 aromatic carbocycles. The minimum atomic E-state index is 0.470. The van der Waals surface area contributed by atoms with Gasteiger partial charge in [-0.25, -0.2) is 4.99 Å². The van der Waals surface area contributed by atoms with Crippen molar-refractivity contribution in [3.05, 3.63) is 72.1 Å². The molecule has 0 spiro atoms. The Morgan fingerprint density at radius 1 is 1.11 bits per heavy atom. The number of nitrogens with two attached hydrogens (primary N) is 1. The Bertz CT molecular complexity index is 753. The molecule has 5 heteroatoms. The highest BCUT2D eigenvalue weighted by atomic mass is 16.5. The molecule has 0 amide bonds. The summed E-state index contributed by atoms with van der Waals surface area (Å²) in [6.07, 6.45) is 5.13. The molecule has 3 rings (SSSR count). The fourth-order valence-corrected chi connectivity index (χ4v) is 2.98. The van der Waals surface area contributed by atoms with Gasteiger partial charge < -0.3 is 20.5 Å². The zero-order valence-corrected chi connectivity index (χ0v) is 15.5. The second kappa shape index (κ2) is 10.5. The predicted molar refractivity (Wildman–Crippen MR) is 109 cm³/mol. The first kappa shape index (κ1) is 19.1. The van der Waals surface area contributed by atoms with Crippen molar-refractivity contribution in [2.75, 3.05) is 19.8 Å². The summed E-state index contributed by atoms with van der Waals surface area (Å²) >= 11 is 0. The molecule has 1 heterocycles. The van der Waals surface area contributed by atoms with Gasteiger partial charge in [0.1, 0.15) is 6.61 Å². The molecule has 1 aliphatic rings. The molecule has 0 aromatic heterocycles. The van der Waals surface area contributed by atoms with Crippen LogP contribution in [0.1, 0.15) is 18.4 Å². The third kappa shape index (κ3) is 6.55. The molecule has 1 aliphatic heterocycles. The van der Waals surface area contributed by atoms with Crippen molar-refractivity contribution in [1.82, 2.24) is 5.32 Å². The van der Waals surface area contributed by atoms with Gasteiger partial charge in [-0.3, -0.25) is 0 Å². The van der Waals surface area contributed by atoms with E-state index in [9.17, 15) is 0 Å². The predicted octanol–water partition coefficient (Wildman–Crippen LogP) is 3.47. The van der Waals surface area contributed by atoms with E-state index in [4.69, 9.17) is 15.2 Å². The largest absolute Gasteiger partial charge is 0.478 e. The van der Waals surface area contributed by atoms with Gasteiger partial charge in [-0.2, -0.15) is 0 Å². The van der Waals surface area contributed by atoms with Crippen molar-refractivity contribution >= 4 is 6.40 Å². The number of nitrogens with one attached hydrogen (secondary N) is 1. The molecule has 3 N–H and O–H groups in total. The summed E-state index contributed by atoms with van der Waals surface area (Å²) in [6, 6.07) is 19.1.